The van der Waals surface area contributed by atoms with E-state index in [9.17, 15) is 9.59 Å². The zero-order chi connectivity index (χ0) is 11.6. The minimum atomic E-state index is -0.556. The molecule has 0 amide bonds. The van der Waals surface area contributed by atoms with E-state index in [1.165, 1.54) is 7.11 Å². The van der Waals surface area contributed by atoms with Crippen LogP contribution in [0.5, 0.6) is 0 Å². The molecule has 3 heteroatoms. The Labute approximate surface area is 91.2 Å². The molecule has 86 valence electrons. The largest absolute Gasteiger partial charge is 0.468 e. The summed E-state index contributed by atoms with van der Waals surface area (Å²) in [6.07, 6.45) is 2.68. The quantitative estimate of drug-likeness (QED) is 0.532. The Morgan fingerprint density at radius 2 is 2.13 bits per heavy atom. The van der Waals surface area contributed by atoms with Crippen LogP contribution >= 0.6 is 0 Å². The maximum absolute atomic E-state index is 12.0. The fourth-order valence-corrected chi connectivity index (χ4v) is 2.62. The van der Waals surface area contributed by atoms with Crippen molar-refractivity contribution in [1.29, 1.82) is 0 Å². The molecule has 15 heavy (non-hydrogen) atoms. The van der Waals surface area contributed by atoms with Gasteiger partial charge in [-0.15, -0.1) is 0 Å². The highest BCUT2D eigenvalue weighted by atomic mass is 16.5. The van der Waals surface area contributed by atoms with Gasteiger partial charge in [-0.25, -0.2) is 0 Å². The van der Waals surface area contributed by atoms with Gasteiger partial charge in [0.1, 0.15) is 5.92 Å². The molecule has 1 rings (SSSR count). The van der Waals surface area contributed by atoms with Gasteiger partial charge in [-0.1, -0.05) is 27.2 Å². The molecule has 0 aromatic carbocycles. The molecule has 0 aromatic heterocycles. The zero-order valence-corrected chi connectivity index (χ0v) is 10.0. The molecular weight excluding hydrogens is 192 g/mol. The van der Waals surface area contributed by atoms with Gasteiger partial charge < -0.3 is 4.74 Å². The summed E-state index contributed by atoms with van der Waals surface area (Å²) in [4.78, 5) is 23.6. The van der Waals surface area contributed by atoms with Crippen LogP contribution in [0, 0.1) is 17.3 Å². The Kier molecular flexibility index (Phi) is 3.53. The van der Waals surface area contributed by atoms with Crippen LogP contribution in [0.3, 0.4) is 0 Å². The van der Waals surface area contributed by atoms with E-state index in [1.807, 2.05) is 13.8 Å². The molecule has 0 bridgehead atoms. The van der Waals surface area contributed by atoms with E-state index in [4.69, 9.17) is 4.74 Å². The molecule has 1 aliphatic rings. The Bertz CT molecular complexity index is 268. The Balaban J connectivity index is 2.87. The van der Waals surface area contributed by atoms with E-state index in [1.54, 1.807) is 0 Å². The van der Waals surface area contributed by atoms with Crippen molar-refractivity contribution in [2.75, 3.05) is 7.11 Å². The topological polar surface area (TPSA) is 43.4 Å². The molecule has 0 aromatic rings. The molecular formula is C12H20O3. The van der Waals surface area contributed by atoms with E-state index < -0.39 is 5.92 Å². The van der Waals surface area contributed by atoms with Crippen molar-refractivity contribution in [2.24, 2.45) is 17.3 Å². The van der Waals surface area contributed by atoms with Gasteiger partial charge in [0.05, 0.1) is 7.11 Å². The van der Waals surface area contributed by atoms with Crippen molar-refractivity contribution in [2.45, 2.75) is 40.0 Å². The minimum Gasteiger partial charge on any atom is -0.468 e. The van der Waals surface area contributed by atoms with Gasteiger partial charge in [0.25, 0.3) is 0 Å². The van der Waals surface area contributed by atoms with Gasteiger partial charge in [0.2, 0.25) is 0 Å². The third kappa shape index (κ3) is 2.21. The highest BCUT2D eigenvalue weighted by molar-refractivity contribution is 6.02. The van der Waals surface area contributed by atoms with Crippen LogP contribution in [0.4, 0.5) is 0 Å². The fourth-order valence-electron chi connectivity index (χ4n) is 2.62. The lowest BCUT2D eigenvalue weighted by Gasteiger charge is -2.22. The third-order valence-electron chi connectivity index (χ3n) is 3.31. The second kappa shape index (κ2) is 4.33. The van der Waals surface area contributed by atoms with Gasteiger partial charge in [0, 0.05) is 5.92 Å². The molecule has 3 nitrogen and oxygen atoms in total. The first-order valence-corrected chi connectivity index (χ1v) is 5.55. The molecule has 0 radical (unpaired) electrons. The normalized spacial score (nSPS) is 29.2. The van der Waals surface area contributed by atoms with Crippen LogP contribution < -0.4 is 0 Å². The predicted molar refractivity (Wildman–Crippen MR) is 57.3 cm³/mol. The smallest absolute Gasteiger partial charge is 0.316 e. The van der Waals surface area contributed by atoms with E-state index in [0.29, 0.717) is 0 Å². The highest BCUT2D eigenvalue weighted by Crippen LogP contribution is 2.45. The van der Waals surface area contributed by atoms with Crippen molar-refractivity contribution in [3.05, 3.63) is 0 Å². The number of methoxy groups -OCH3 is 1. The molecule has 1 saturated carbocycles. The number of carbonyl (C=O) groups excluding carboxylic acids is 2. The van der Waals surface area contributed by atoms with Crippen molar-refractivity contribution in [3.63, 3.8) is 0 Å². The van der Waals surface area contributed by atoms with E-state index in [2.05, 4.69) is 6.92 Å². The van der Waals surface area contributed by atoms with Gasteiger partial charge in [0.15, 0.2) is 5.78 Å². The third-order valence-corrected chi connectivity index (χ3v) is 3.31. The molecule has 0 spiro atoms. The molecule has 1 fully saturated rings. The summed E-state index contributed by atoms with van der Waals surface area (Å²) in [5, 5.41) is 0. The maximum atomic E-state index is 12.0. The number of esters is 1. The first kappa shape index (κ1) is 12.2. The molecule has 0 saturated heterocycles. The van der Waals surface area contributed by atoms with Gasteiger partial charge in [-0.05, 0) is 18.3 Å². The molecule has 1 aliphatic carbocycles. The lowest BCUT2D eigenvalue weighted by Crippen LogP contribution is -2.32. The minimum absolute atomic E-state index is 0.0501. The molecule has 0 N–H and O–H groups in total. The standard InChI is InChI=1S/C12H20O3/c1-5-6-8-7-12(2,3)9(10(8)13)11(14)15-4/h8-9H,5-7H2,1-4H3. The van der Waals surface area contributed by atoms with Crippen LogP contribution in [0.2, 0.25) is 0 Å². The van der Waals surface area contributed by atoms with E-state index in [0.717, 1.165) is 19.3 Å². The maximum Gasteiger partial charge on any atom is 0.316 e. The number of Topliss-reactive ketones (excluding diaryl/α,β-unsaturated/α-hetero) is 1. The summed E-state index contributed by atoms with van der Waals surface area (Å²) >= 11 is 0. The Hall–Kier alpha value is -0.860. The van der Waals surface area contributed by atoms with Crippen molar-refractivity contribution in [3.8, 4) is 0 Å². The first-order valence-electron chi connectivity index (χ1n) is 5.55. The number of ketones is 1. The summed E-state index contributed by atoms with van der Waals surface area (Å²) in [6.45, 7) is 6.01. The molecule has 0 heterocycles. The monoisotopic (exact) mass is 212 g/mol. The Morgan fingerprint density at radius 1 is 1.53 bits per heavy atom. The summed E-state index contributed by atoms with van der Waals surface area (Å²) in [6, 6.07) is 0. The fraction of sp³-hybridized carbons (Fsp3) is 0.833. The number of hydrogen-bond donors (Lipinski definition) is 0. The summed E-state index contributed by atoms with van der Waals surface area (Å²) in [7, 11) is 1.35. The van der Waals surface area contributed by atoms with E-state index in [-0.39, 0.29) is 23.1 Å². The summed E-state index contributed by atoms with van der Waals surface area (Å²) in [5.74, 6) is -0.801. The second-order valence-electron chi connectivity index (χ2n) is 5.04. The van der Waals surface area contributed by atoms with E-state index >= 15 is 0 Å². The molecule has 2 atom stereocenters. The molecule has 2 unspecified atom stereocenters. The Morgan fingerprint density at radius 3 is 2.60 bits per heavy atom. The van der Waals surface area contributed by atoms with Crippen LogP contribution in [0.1, 0.15) is 40.0 Å². The number of carbonyl (C=O) groups is 2. The number of ether oxygens (including phenoxy) is 1. The van der Waals surface area contributed by atoms with Crippen LogP contribution in [-0.2, 0) is 14.3 Å². The number of rotatable bonds is 3. The van der Waals surface area contributed by atoms with Gasteiger partial charge in [-0.2, -0.15) is 0 Å². The van der Waals surface area contributed by atoms with Crippen LogP contribution in [-0.4, -0.2) is 18.9 Å². The lowest BCUT2D eigenvalue weighted by molar-refractivity contribution is -0.152. The SMILES string of the molecule is CCCC1CC(C)(C)C(C(=O)OC)C1=O. The van der Waals surface area contributed by atoms with Crippen molar-refractivity contribution in [1.82, 2.24) is 0 Å². The number of hydrogen-bond acceptors (Lipinski definition) is 3. The molecule has 0 aliphatic heterocycles. The highest BCUT2D eigenvalue weighted by Gasteiger charge is 2.51. The zero-order valence-electron chi connectivity index (χ0n) is 10.0. The van der Waals surface area contributed by atoms with Crippen molar-refractivity contribution >= 4 is 11.8 Å². The van der Waals surface area contributed by atoms with Crippen molar-refractivity contribution < 1.29 is 14.3 Å². The average Bonchev–Trinajstić information content (AvgIpc) is 2.37. The predicted octanol–water partition coefficient (Wildman–Crippen LogP) is 2.19. The van der Waals surface area contributed by atoms with Crippen LogP contribution in [0.15, 0.2) is 0 Å². The van der Waals surface area contributed by atoms with Crippen LogP contribution in [0.25, 0.3) is 0 Å². The second-order valence-corrected chi connectivity index (χ2v) is 5.04. The summed E-state index contributed by atoms with van der Waals surface area (Å²) < 4.78 is 4.71. The lowest BCUT2D eigenvalue weighted by atomic mass is 9.81. The summed E-state index contributed by atoms with van der Waals surface area (Å²) in [5.41, 5.74) is -0.246. The average molecular weight is 212 g/mol. The van der Waals surface area contributed by atoms with Gasteiger partial charge >= 0.3 is 5.97 Å². The van der Waals surface area contributed by atoms with Gasteiger partial charge in [-0.3, -0.25) is 9.59 Å². The first-order chi connectivity index (χ1) is 6.94.